The van der Waals surface area contributed by atoms with E-state index in [1.165, 1.54) is 11.5 Å². The zero-order valence-corrected chi connectivity index (χ0v) is 16.2. The molecular formula is C20H16ClN3O3S. The number of hydrogen-bond acceptors (Lipinski definition) is 5. The molecule has 0 fully saturated rings. The van der Waals surface area contributed by atoms with Gasteiger partial charge < -0.3 is 15.8 Å². The van der Waals surface area contributed by atoms with Crippen molar-refractivity contribution < 1.29 is 14.3 Å². The summed E-state index contributed by atoms with van der Waals surface area (Å²) in [5.41, 5.74) is 8.47. The molecule has 0 saturated carbocycles. The van der Waals surface area contributed by atoms with Gasteiger partial charge >= 0.3 is 0 Å². The number of primary amides is 1. The average molecular weight is 414 g/mol. The fraction of sp³-hybridized carbons (Fsp3) is 0.150. The van der Waals surface area contributed by atoms with Crippen LogP contribution in [0.15, 0.2) is 48.5 Å². The molecule has 1 aliphatic rings. The van der Waals surface area contributed by atoms with Crippen LogP contribution in [0.1, 0.15) is 22.8 Å². The summed E-state index contributed by atoms with van der Waals surface area (Å²) < 4.78 is 9.88. The van der Waals surface area contributed by atoms with Crippen LogP contribution in [0.5, 0.6) is 5.75 Å². The van der Waals surface area contributed by atoms with Gasteiger partial charge in [0.05, 0.1) is 10.6 Å². The van der Waals surface area contributed by atoms with Crippen molar-refractivity contribution in [3.05, 3.63) is 64.0 Å². The van der Waals surface area contributed by atoms with Gasteiger partial charge in [-0.25, -0.2) is 0 Å². The molecule has 142 valence electrons. The summed E-state index contributed by atoms with van der Waals surface area (Å²) >= 11 is 7.36. The largest absolute Gasteiger partial charge is 0.484 e. The minimum absolute atomic E-state index is 0.0537. The van der Waals surface area contributed by atoms with E-state index >= 15 is 0 Å². The number of nitrogens with two attached hydrogens (primary N) is 1. The van der Waals surface area contributed by atoms with Crippen molar-refractivity contribution in [3.8, 4) is 17.0 Å². The lowest BCUT2D eigenvalue weighted by molar-refractivity contribution is -0.120. The number of nitrogens with one attached hydrogen (secondary N) is 1. The van der Waals surface area contributed by atoms with Crippen molar-refractivity contribution in [3.63, 3.8) is 0 Å². The van der Waals surface area contributed by atoms with E-state index in [0.717, 1.165) is 27.4 Å². The number of nitrogens with zero attached hydrogens (tertiary/aromatic N) is 1. The molecule has 0 bridgehead atoms. The second-order valence-corrected chi connectivity index (χ2v) is 7.65. The van der Waals surface area contributed by atoms with Crippen molar-refractivity contribution in [2.75, 3.05) is 11.9 Å². The Balaban J connectivity index is 1.65. The molecule has 1 aliphatic heterocycles. The van der Waals surface area contributed by atoms with Crippen LogP contribution >= 0.6 is 23.1 Å². The number of ether oxygens (including phenoxy) is 1. The van der Waals surface area contributed by atoms with E-state index in [2.05, 4.69) is 9.69 Å². The highest BCUT2D eigenvalue weighted by Gasteiger charge is 2.31. The third kappa shape index (κ3) is 3.72. The fourth-order valence-corrected chi connectivity index (χ4v) is 4.25. The molecule has 0 aliphatic carbocycles. The summed E-state index contributed by atoms with van der Waals surface area (Å²) in [6.45, 7) is -0.172. The number of amides is 2. The molecule has 1 atom stereocenters. The number of fused-ring (bicyclic) bond motifs is 1. The monoisotopic (exact) mass is 413 g/mol. The number of carbonyl (C=O) groups is 2. The Kier molecular flexibility index (Phi) is 5.02. The molecule has 6 nitrogen and oxygen atoms in total. The highest BCUT2D eigenvalue weighted by Crippen LogP contribution is 2.45. The quantitative estimate of drug-likeness (QED) is 0.665. The second-order valence-electron chi connectivity index (χ2n) is 6.41. The number of aromatic nitrogens is 1. The summed E-state index contributed by atoms with van der Waals surface area (Å²) in [6.07, 6.45) is 0.344. The molecule has 0 radical (unpaired) electrons. The summed E-state index contributed by atoms with van der Waals surface area (Å²) in [5.74, 6) is -0.124. The normalized spacial score (nSPS) is 15.6. The number of hydrogen-bond donors (Lipinski definition) is 2. The van der Waals surface area contributed by atoms with E-state index in [1.54, 1.807) is 24.3 Å². The van der Waals surface area contributed by atoms with E-state index in [4.69, 9.17) is 22.1 Å². The summed E-state index contributed by atoms with van der Waals surface area (Å²) in [6, 6.07) is 14.7. The molecule has 8 heteroatoms. The van der Waals surface area contributed by atoms with Crippen LogP contribution in [0.4, 0.5) is 5.69 Å². The predicted molar refractivity (Wildman–Crippen MR) is 109 cm³/mol. The van der Waals surface area contributed by atoms with Crippen LogP contribution in [-0.4, -0.2) is 22.8 Å². The Morgan fingerprint density at radius 3 is 2.61 bits per heavy atom. The van der Waals surface area contributed by atoms with Gasteiger partial charge in [0.15, 0.2) is 6.61 Å². The van der Waals surface area contributed by atoms with Gasteiger partial charge in [-0.15, -0.1) is 0 Å². The lowest BCUT2D eigenvalue weighted by atomic mass is 9.89. The Bertz CT molecular complexity index is 1030. The highest BCUT2D eigenvalue weighted by atomic mass is 35.5. The molecule has 0 spiro atoms. The first-order chi connectivity index (χ1) is 13.5. The smallest absolute Gasteiger partial charge is 0.255 e. The van der Waals surface area contributed by atoms with Gasteiger partial charge in [-0.05, 0) is 41.4 Å². The summed E-state index contributed by atoms with van der Waals surface area (Å²) in [7, 11) is 0. The first kappa shape index (κ1) is 18.5. The third-order valence-corrected chi connectivity index (χ3v) is 5.68. The van der Waals surface area contributed by atoms with Crippen LogP contribution in [0.3, 0.4) is 0 Å². The molecule has 28 heavy (non-hydrogen) atoms. The number of halogens is 1. The van der Waals surface area contributed by atoms with E-state index in [9.17, 15) is 9.59 Å². The summed E-state index contributed by atoms with van der Waals surface area (Å²) in [4.78, 5) is 24.2. The Hall–Kier alpha value is -2.90. The van der Waals surface area contributed by atoms with Crippen molar-refractivity contribution in [2.45, 2.75) is 12.3 Å². The van der Waals surface area contributed by atoms with Crippen molar-refractivity contribution in [2.24, 2.45) is 5.73 Å². The fourth-order valence-electron chi connectivity index (χ4n) is 3.15. The average Bonchev–Trinajstić information content (AvgIpc) is 3.10. The molecule has 3 N–H and O–H groups in total. The predicted octanol–water partition coefficient (Wildman–Crippen LogP) is 3.80. The maximum absolute atomic E-state index is 12.4. The Morgan fingerprint density at radius 2 is 1.93 bits per heavy atom. The number of rotatable bonds is 5. The minimum Gasteiger partial charge on any atom is -0.484 e. The number of benzene rings is 2. The molecule has 4 rings (SSSR count). The molecule has 3 aromatic rings. The van der Waals surface area contributed by atoms with Crippen molar-refractivity contribution >= 4 is 40.6 Å². The van der Waals surface area contributed by atoms with Gasteiger partial charge in [-0.2, -0.15) is 4.37 Å². The first-order valence-corrected chi connectivity index (χ1v) is 9.73. The molecule has 2 aromatic carbocycles. The SMILES string of the molecule is NC(=O)COc1ccc(C2CC(=O)Nc3c(-c4ccc(Cl)cc4)nsc32)cc1. The highest BCUT2D eigenvalue weighted by molar-refractivity contribution is 7.07. The standard InChI is InChI=1S/C20H16ClN3O3S/c21-13-5-1-12(2-6-13)18-19-20(28-24-18)15(9-17(26)23-19)11-3-7-14(8-4-11)27-10-16(22)25/h1-8,15H,9-10H2,(H2,22,25)(H,23,26). The van der Waals surface area contributed by atoms with Crippen molar-refractivity contribution in [1.82, 2.24) is 4.37 Å². The lowest BCUT2D eigenvalue weighted by Crippen LogP contribution is -2.22. The molecule has 0 saturated heterocycles. The van der Waals surface area contributed by atoms with E-state index in [1.807, 2.05) is 24.3 Å². The third-order valence-electron chi connectivity index (χ3n) is 4.47. The molecule has 1 unspecified atom stereocenters. The molecule has 1 aromatic heterocycles. The topological polar surface area (TPSA) is 94.3 Å². The Labute approximate surface area is 170 Å². The van der Waals surface area contributed by atoms with Gasteiger partial charge in [-0.3, -0.25) is 9.59 Å². The van der Waals surface area contributed by atoms with Crippen LogP contribution in [-0.2, 0) is 9.59 Å². The van der Waals surface area contributed by atoms with Crippen LogP contribution in [0.25, 0.3) is 11.3 Å². The number of anilines is 1. The molecule has 2 amide bonds. The minimum atomic E-state index is -0.531. The Morgan fingerprint density at radius 1 is 1.21 bits per heavy atom. The first-order valence-electron chi connectivity index (χ1n) is 8.57. The van der Waals surface area contributed by atoms with E-state index < -0.39 is 5.91 Å². The van der Waals surface area contributed by atoms with E-state index in [0.29, 0.717) is 17.2 Å². The zero-order valence-electron chi connectivity index (χ0n) is 14.6. The number of carbonyl (C=O) groups excluding carboxylic acids is 2. The van der Waals surface area contributed by atoms with Crippen molar-refractivity contribution in [1.29, 1.82) is 0 Å². The van der Waals surface area contributed by atoms with Gasteiger partial charge in [0.1, 0.15) is 11.4 Å². The van der Waals surface area contributed by atoms with Crippen LogP contribution < -0.4 is 15.8 Å². The second kappa shape index (κ2) is 7.61. The molecule has 2 heterocycles. The lowest BCUT2D eigenvalue weighted by Gasteiger charge is -2.23. The van der Waals surface area contributed by atoms with Gasteiger partial charge in [-0.1, -0.05) is 35.9 Å². The van der Waals surface area contributed by atoms with E-state index in [-0.39, 0.29) is 18.4 Å². The zero-order chi connectivity index (χ0) is 19.7. The van der Waals surface area contributed by atoms with Gasteiger partial charge in [0, 0.05) is 22.9 Å². The van der Waals surface area contributed by atoms with Gasteiger partial charge in [0.2, 0.25) is 5.91 Å². The van der Waals surface area contributed by atoms with Crippen LogP contribution in [0.2, 0.25) is 5.02 Å². The van der Waals surface area contributed by atoms with Gasteiger partial charge in [0.25, 0.3) is 5.91 Å². The molecular weight excluding hydrogens is 398 g/mol. The summed E-state index contributed by atoms with van der Waals surface area (Å²) in [5, 5.41) is 3.61. The maximum Gasteiger partial charge on any atom is 0.255 e. The maximum atomic E-state index is 12.4. The van der Waals surface area contributed by atoms with Crippen LogP contribution in [0, 0.1) is 0 Å².